The minimum atomic E-state index is -2.16. The third kappa shape index (κ3) is 5.94. The van der Waals surface area contributed by atoms with E-state index < -0.39 is 22.7 Å². The van der Waals surface area contributed by atoms with Gasteiger partial charge in [0.15, 0.2) is 35.5 Å². The van der Waals surface area contributed by atoms with E-state index in [1.165, 1.54) is 0 Å². The Kier molecular flexibility index (Phi) is 7.48. The summed E-state index contributed by atoms with van der Waals surface area (Å²) < 4.78 is 20.4. The van der Waals surface area contributed by atoms with Crippen molar-refractivity contribution < 1.29 is 23.0 Å². The van der Waals surface area contributed by atoms with Crippen LogP contribution in [-0.4, -0.2) is 52.6 Å². The zero-order valence-electron chi connectivity index (χ0n) is 21.3. The molecule has 0 spiro atoms. The first-order chi connectivity index (χ1) is 14.0. The molecule has 0 unspecified atom stereocenters. The van der Waals surface area contributed by atoms with Crippen LogP contribution in [-0.2, 0) is 20.2 Å². The first-order valence-electron chi connectivity index (χ1n) is 11.1. The first kappa shape index (κ1) is 26.0. The molecule has 0 saturated carbocycles. The number of benzene rings is 1. The van der Waals surface area contributed by atoms with Crippen molar-refractivity contribution in [2.24, 2.45) is 0 Å². The average Bonchev–Trinajstić information content (AvgIpc) is 2.88. The van der Waals surface area contributed by atoms with E-state index >= 15 is 0 Å². The van der Waals surface area contributed by atoms with Gasteiger partial charge >= 0.3 is 5.91 Å². The highest BCUT2D eigenvalue weighted by molar-refractivity contribution is 6.75. The lowest BCUT2D eigenvalue weighted by atomic mass is 10.2. The van der Waals surface area contributed by atoms with Gasteiger partial charge in [0.2, 0.25) is 6.10 Å². The molecule has 2 atom stereocenters. The molecule has 0 N–H and O–H groups in total. The van der Waals surface area contributed by atoms with Gasteiger partial charge in [-0.3, -0.25) is 0 Å². The van der Waals surface area contributed by atoms with Crippen molar-refractivity contribution in [3.8, 4) is 5.75 Å². The number of nitrogens with zero attached hydrogens (tertiary/aromatic N) is 1. The lowest BCUT2D eigenvalue weighted by molar-refractivity contribution is -0.458. The van der Waals surface area contributed by atoms with E-state index in [0.29, 0.717) is 6.54 Å². The average molecular weight is 465 g/mol. The summed E-state index contributed by atoms with van der Waals surface area (Å²) in [6.07, 6.45) is 0.999. The molecule has 0 radical (unpaired) electrons. The molecule has 1 aliphatic rings. The van der Waals surface area contributed by atoms with Crippen molar-refractivity contribution in [1.82, 2.24) is 0 Å². The smallest absolute Gasteiger partial charge is 0.418 e. The minimum absolute atomic E-state index is 0.00986. The lowest BCUT2D eigenvalue weighted by Crippen LogP contribution is -2.52. The van der Waals surface area contributed by atoms with Gasteiger partial charge in [-0.05, 0) is 60.5 Å². The SMILES string of the molecule is COc1ccc(C[N+]2=C[C@H](O[Si](C)(C)C(C)(C)C)[C@@H](O[Si](C)(C)C(C)(C)C)C2=O)cc1. The van der Waals surface area contributed by atoms with Gasteiger partial charge < -0.3 is 13.6 Å². The van der Waals surface area contributed by atoms with Crippen LogP contribution in [0.4, 0.5) is 0 Å². The van der Waals surface area contributed by atoms with E-state index in [0.717, 1.165) is 11.3 Å². The Bertz CT molecular complexity index is 817. The number of ether oxygens (including phenoxy) is 1. The van der Waals surface area contributed by atoms with Gasteiger partial charge in [0.1, 0.15) is 5.75 Å². The largest absolute Gasteiger partial charge is 0.497 e. The van der Waals surface area contributed by atoms with Crippen molar-refractivity contribution in [3.05, 3.63) is 29.8 Å². The fourth-order valence-corrected chi connectivity index (χ4v) is 5.35. The molecule has 174 valence electrons. The molecule has 0 aromatic heterocycles. The Hall–Kier alpha value is -1.29. The molecule has 1 aliphatic heterocycles. The predicted molar refractivity (Wildman–Crippen MR) is 132 cm³/mol. The van der Waals surface area contributed by atoms with Crippen LogP contribution in [0, 0.1) is 0 Å². The number of amides is 1. The monoisotopic (exact) mass is 464 g/mol. The van der Waals surface area contributed by atoms with Crippen molar-refractivity contribution in [3.63, 3.8) is 0 Å². The van der Waals surface area contributed by atoms with Gasteiger partial charge in [0.25, 0.3) is 0 Å². The summed E-state index contributed by atoms with van der Waals surface area (Å²) in [6.45, 7) is 22.6. The maximum atomic E-state index is 13.5. The molecule has 1 heterocycles. The molecular weight excluding hydrogens is 422 g/mol. The summed E-state index contributed by atoms with van der Waals surface area (Å²) in [6, 6.07) is 7.82. The second-order valence-electron chi connectivity index (χ2n) is 11.6. The molecule has 1 aromatic rings. The summed E-state index contributed by atoms with van der Waals surface area (Å²) in [7, 11) is -2.59. The third-order valence-electron chi connectivity index (χ3n) is 7.13. The Morgan fingerprint density at radius 1 is 0.871 bits per heavy atom. The molecule has 7 heteroatoms. The number of methoxy groups -OCH3 is 1. The molecule has 1 amide bonds. The molecule has 0 aliphatic carbocycles. The van der Waals surface area contributed by atoms with Crippen LogP contribution in [0.3, 0.4) is 0 Å². The van der Waals surface area contributed by atoms with Gasteiger partial charge in [-0.2, -0.15) is 4.58 Å². The highest BCUT2D eigenvalue weighted by Gasteiger charge is 2.53. The predicted octanol–water partition coefficient (Wildman–Crippen LogP) is 5.60. The van der Waals surface area contributed by atoms with Crippen LogP contribution in [0.5, 0.6) is 5.75 Å². The van der Waals surface area contributed by atoms with Crippen molar-refractivity contribution in [2.45, 2.75) is 96.6 Å². The van der Waals surface area contributed by atoms with Crippen LogP contribution in [0.25, 0.3) is 0 Å². The highest BCUT2D eigenvalue weighted by Crippen LogP contribution is 2.41. The maximum Gasteiger partial charge on any atom is 0.418 e. The Labute approximate surface area is 191 Å². The summed E-state index contributed by atoms with van der Waals surface area (Å²) in [5, 5.41) is 0.0625. The van der Waals surface area contributed by atoms with Gasteiger partial charge in [-0.25, -0.2) is 4.79 Å². The molecule has 5 nitrogen and oxygen atoms in total. The van der Waals surface area contributed by atoms with Crippen LogP contribution in [0.2, 0.25) is 36.3 Å². The van der Waals surface area contributed by atoms with Gasteiger partial charge in [-0.1, -0.05) is 41.5 Å². The number of carbonyl (C=O) groups is 1. The third-order valence-corrected chi connectivity index (χ3v) is 16.1. The van der Waals surface area contributed by atoms with Crippen molar-refractivity contribution in [1.29, 1.82) is 0 Å². The molecule has 2 rings (SSSR count). The van der Waals surface area contributed by atoms with E-state index in [-0.39, 0.29) is 22.1 Å². The normalized spacial score (nSPS) is 20.7. The second kappa shape index (κ2) is 8.92. The van der Waals surface area contributed by atoms with Crippen LogP contribution < -0.4 is 4.74 Å². The Balaban J connectivity index is 2.35. The minimum Gasteiger partial charge on any atom is -0.497 e. The van der Waals surface area contributed by atoms with Gasteiger partial charge in [0.05, 0.1) is 7.11 Å². The molecule has 0 bridgehead atoms. The first-order valence-corrected chi connectivity index (χ1v) is 16.9. The van der Waals surface area contributed by atoms with E-state index in [4.69, 9.17) is 13.6 Å². The number of hydrogen-bond acceptors (Lipinski definition) is 4. The van der Waals surface area contributed by atoms with Gasteiger partial charge in [0, 0.05) is 5.56 Å². The number of rotatable bonds is 7. The quantitative estimate of drug-likeness (QED) is 0.389. The fraction of sp³-hybridized carbons (Fsp3) is 0.667. The van der Waals surface area contributed by atoms with Crippen LogP contribution in [0.1, 0.15) is 47.1 Å². The number of carbonyl (C=O) groups excluding carboxylic acids is 1. The fourth-order valence-electron chi connectivity index (χ4n) is 2.91. The highest BCUT2D eigenvalue weighted by atomic mass is 28.4. The standard InChI is InChI=1S/C24H42NO4Si2/c1-23(2,3)30(8,9)28-20-17-25(16-18-12-14-19(27-7)15-13-18)22(26)21(20)29-31(10,11)24(4,5)6/h12-15,17,20-21H,16H2,1-11H3/q+1/t20-,21+/m0/s1. The van der Waals surface area contributed by atoms with E-state index in [2.05, 4.69) is 67.7 Å². The Morgan fingerprint density at radius 2 is 1.35 bits per heavy atom. The topological polar surface area (TPSA) is 47.8 Å². The van der Waals surface area contributed by atoms with Crippen LogP contribution in [0.15, 0.2) is 24.3 Å². The second-order valence-corrected chi connectivity index (χ2v) is 21.1. The zero-order chi connectivity index (χ0) is 23.8. The Morgan fingerprint density at radius 3 is 1.81 bits per heavy atom. The summed E-state index contributed by atoms with van der Waals surface area (Å²) >= 11 is 0. The van der Waals surface area contributed by atoms with E-state index in [1.54, 1.807) is 11.7 Å². The molecule has 0 saturated heterocycles. The van der Waals surface area contributed by atoms with Gasteiger partial charge in [-0.15, -0.1) is 0 Å². The summed E-state index contributed by atoms with van der Waals surface area (Å²) in [4.78, 5) is 13.5. The summed E-state index contributed by atoms with van der Waals surface area (Å²) in [5.41, 5.74) is 1.05. The molecule has 1 aromatic carbocycles. The van der Waals surface area contributed by atoms with E-state index in [1.807, 2.05) is 30.5 Å². The maximum absolute atomic E-state index is 13.5. The van der Waals surface area contributed by atoms with Crippen molar-refractivity contribution in [2.75, 3.05) is 7.11 Å². The number of hydrogen-bond donors (Lipinski definition) is 0. The summed E-state index contributed by atoms with van der Waals surface area (Å²) in [5.74, 6) is 0.795. The van der Waals surface area contributed by atoms with Crippen LogP contribution >= 0.6 is 0 Å². The molecular formula is C24H42NO4Si2+. The van der Waals surface area contributed by atoms with E-state index in [9.17, 15) is 4.79 Å². The van der Waals surface area contributed by atoms with Crippen molar-refractivity contribution >= 4 is 28.8 Å². The lowest BCUT2D eigenvalue weighted by Gasteiger charge is -2.41. The molecule has 0 fully saturated rings. The molecule has 31 heavy (non-hydrogen) atoms. The zero-order valence-corrected chi connectivity index (χ0v) is 23.3.